The summed E-state index contributed by atoms with van der Waals surface area (Å²) in [6.07, 6.45) is 5.18. The average Bonchev–Trinajstić information content (AvgIpc) is 2.87. The molecule has 4 nitrogen and oxygen atoms in total. The quantitative estimate of drug-likeness (QED) is 0.825. The van der Waals surface area contributed by atoms with Crippen LogP contribution in [0, 0.1) is 5.41 Å². The van der Waals surface area contributed by atoms with E-state index in [4.69, 9.17) is 10.5 Å². The van der Waals surface area contributed by atoms with E-state index in [1.165, 1.54) is 45.3 Å². The van der Waals surface area contributed by atoms with Crippen molar-refractivity contribution in [1.82, 2.24) is 9.80 Å². The lowest BCUT2D eigenvalue weighted by atomic mass is 9.81. The Morgan fingerprint density at radius 2 is 2.21 bits per heavy atom. The van der Waals surface area contributed by atoms with Crippen LogP contribution < -0.4 is 5.73 Å². The molecule has 4 heteroatoms. The van der Waals surface area contributed by atoms with Gasteiger partial charge in [0.2, 0.25) is 0 Å². The van der Waals surface area contributed by atoms with E-state index in [-0.39, 0.29) is 5.41 Å². The maximum absolute atomic E-state index is 6.09. The molecule has 3 saturated heterocycles. The highest BCUT2D eigenvalue weighted by molar-refractivity contribution is 4.94. The Bertz CT molecular complexity index is 304. The summed E-state index contributed by atoms with van der Waals surface area (Å²) in [5.41, 5.74) is 6.31. The third-order valence-corrected chi connectivity index (χ3v) is 5.44. The maximum atomic E-state index is 6.09. The molecule has 0 amide bonds. The fourth-order valence-corrected chi connectivity index (χ4v) is 4.16. The molecule has 0 aliphatic carbocycles. The van der Waals surface area contributed by atoms with Crippen LogP contribution in [-0.4, -0.2) is 67.8 Å². The van der Waals surface area contributed by atoms with Crippen molar-refractivity contribution in [2.45, 2.75) is 44.7 Å². The van der Waals surface area contributed by atoms with Crippen molar-refractivity contribution in [2.75, 3.05) is 45.9 Å². The molecule has 3 fully saturated rings. The molecule has 3 unspecified atom stereocenters. The summed E-state index contributed by atoms with van der Waals surface area (Å²) in [7, 11) is 0. The third kappa shape index (κ3) is 2.82. The average molecular weight is 267 g/mol. The first-order chi connectivity index (χ1) is 9.22. The summed E-state index contributed by atoms with van der Waals surface area (Å²) >= 11 is 0. The highest BCUT2D eigenvalue weighted by Gasteiger charge is 2.39. The number of fused-ring (bicyclic) bond motifs is 1. The zero-order valence-electron chi connectivity index (χ0n) is 12.3. The van der Waals surface area contributed by atoms with Gasteiger partial charge < -0.3 is 10.5 Å². The van der Waals surface area contributed by atoms with Gasteiger partial charge in [0.15, 0.2) is 0 Å². The first-order valence-electron chi connectivity index (χ1n) is 7.98. The molecule has 3 rings (SSSR count). The summed E-state index contributed by atoms with van der Waals surface area (Å²) < 4.78 is 5.72. The number of nitrogens with zero attached hydrogens (tertiary/aromatic N) is 2. The Morgan fingerprint density at radius 3 is 2.95 bits per heavy atom. The predicted molar refractivity (Wildman–Crippen MR) is 77.2 cm³/mol. The van der Waals surface area contributed by atoms with Crippen molar-refractivity contribution in [1.29, 1.82) is 0 Å². The second kappa shape index (κ2) is 5.68. The largest absolute Gasteiger partial charge is 0.381 e. The molecule has 3 aliphatic heterocycles. The Morgan fingerprint density at radius 1 is 1.32 bits per heavy atom. The van der Waals surface area contributed by atoms with Crippen molar-refractivity contribution < 1.29 is 4.74 Å². The van der Waals surface area contributed by atoms with Crippen LogP contribution in [0.15, 0.2) is 0 Å². The molecule has 110 valence electrons. The van der Waals surface area contributed by atoms with Crippen molar-refractivity contribution in [3.63, 3.8) is 0 Å². The van der Waals surface area contributed by atoms with E-state index in [1.54, 1.807) is 0 Å². The van der Waals surface area contributed by atoms with Gasteiger partial charge in [0.05, 0.1) is 6.61 Å². The molecule has 0 aromatic rings. The molecular weight excluding hydrogens is 238 g/mol. The Balaban J connectivity index is 1.64. The van der Waals surface area contributed by atoms with Crippen LogP contribution >= 0.6 is 0 Å². The molecule has 2 N–H and O–H groups in total. The van der Waals surface area contributed by atoms with Crippen LogP contribution in [0.5, 0.6) is 0 Å². The van der Waals surface area contributed by atoms with Gasteiger partial charge in [-0.05, 0) is 39.2 Å². The summed E-state index contributed by atoms with van der Waals surface area (Å²) in [5, 5.41) is 0. The molecule has 0 spiro atoms. The second-order valence-corrected chi connectivity index (χ2v) is 6.93. The fraction of sp³-hybridized carbons (Fsp3) is 1.00. The summed E-state index contributed by atoms with van der Waals surface area (Å²) in [5.74, 6) is 0. The van der Waals surface area contributed by atoms with Crippen molar-refractivity contribution in [2.24, 2.45) is 11.1 Å². The van der Waals surface area contributed by atoms with Gasteiger partial charge in [-0.1, -0.05) is 0 Å². The van der Waals surface area contributed by atoms with Gasteiger partial charge in [0, 0.05) is 50.3 Å². The van der Waals surface area contributed by atoms with Crippen LogP contribution in [0.25, 0.3) is 0 Å². The lowest BCUT2D eigenvalue weighted by Crippen LogP contribution is -2.59. The number of hydrogen-bond donors (Lipinski definition) is 1. The highest BCUT2D eigenvalue weighted by atomic mass is 16.5. The fourth-order valence-electron chi connectivity index (χ4n) is 4.16. The number of ether oxygens (including phenoxy) is 1. The van der Waals surface area contributed by atoms with E-state index in [2.05, 4.69) is 16.7 Å². The number of piperazine rings is 1. The van der Waals surface area contributed by atoms with Crippen molar-refractivity contribution in [3.05, 3.63) is 0 Å². The summed E-state index contributed by atoms with van der Waals surface area (Å²) in [4.78, 5) is 5.38. The van der Waals surface area contributed by atoms with Crippen LogP contribution in [0.2, 0.25) is 0 Å². The van der Waals surface area contributed by atoms with Crippen LogP contribution in [-0.2, 0) is 4.74 Å². The molecule has 0 saturated carbocycles. The SMILES string of the molecule is CC1CN2CCCC2CN1CC1(CN)CCCOC1. The Hall–Kier alpha value is -0.160. The Labute approximate surface area is 117 Å². The van der Waals surface area contributed by atoms with Gasteiger partial charge in [-0.25, -0.2) is 0 Å². The van der Waals surface area contributed by atoms with Crippen LogP contribution in [0.1, 0.15) is 32.6 Å². The van der Waals surface area contributed by atoms with Gasteiger partial charge in [-0.3, -0.25) is 9.80 Å². The minimum absolute atomic E-state index is 0.216. The van der Waals surface area contributed by atoms with Gasteiger partial charge >= 0.3 is 0 Å². The summed E-state index contributed by atoms with van der Waals surface area (Å²) in [6, 6.07) is 1.47. The maximum Gasteiger partial charge on any atom is 0.0546 e. The predicted octanol–water partition coefficient (Wildman–Crippen LogP) is 0.910. The second-order valence-electron chi connectivity index (χ2n) is 6.93. The molecule has 19 heavy (non-hydrogen) atoms. The molecule has 0 radical (unpaired) electrons. The van der Waals surface area contributed by atoms with E-state index < -0.39 is 0 Å². The molecule has 3 atom stereocenters. The molecule has 3 heterocycles. The molecule has 0 bridgehead atoms. The highest BCUT2D eigenvalue weighted by Crippen LogP contribution is 2.32. The third-order valence-electron chi connectivity index (χ3n) is 5.44. The number of rotatable bonds is 3. The number of nitrogens with two attached hydrogens (primary N) is 1. The first kappa shape index (κ1) is 13.8. The molecule has 3 aliphatic rings. The smallest absolute Gasteiger partial charge is 0.0546 e. The lowest BCUT2D eigenvalue weighted by Gasteiger charge is -2.47. The topological polar surface area (TPSA) is 41.7 Å². The molecular formula is C15H29N3O. The van der Waals surface area contributed by atoms with E-state index in [0.29, 0.717) is 6.04 Å². The standard InChI is InChI=1S/C15H29N3O/c1-13-8-17-6-2-4-14(17)9-18(13)11-15(10-16)5-3-7-19-12-15/h13-14H,2-12,16H2,1H3. The van der Waals surface area contributed by atoms with Gasteiger partial charge in [-0.15, -0.1) is 0 Å². The van der Waals surface area contributed by atoms with Crippen LogP contribution in [0.3, 0.4) is 0 Å². The van der Waals surface area contributed by atoms with Crippen molar-refractivity contribution in [3.8, 4) is 0 Å². The van der Waals surface area contributed by atoms with E-state index in [1.807, 2.05) is 0 Å². The summed E-state index contributed by atoms with van der Waals surface area (Å²) in [6.45, 7) is 9.86. The minimum Gasteiger partial charge on any atom is -0.381 e. The van der Waals surface area contributed by atoms with E-state index >= 15 is 0 Å². The number of hydrogen-bond acceptors (Lipinski definition) is 4. The van der Waals surface area contributed by atoms with Gasteiger partial charge in [0.25, 0.3) is 0 Å². The first-order valence-corrected chi connectivity index (χ1v) is 7.98. The van der Waals surface area contributed by atoms with E-state index in [9.17, 15) is 0 Å². The van der Waals surface area contributed by atoms with Crippen LogP contribution in [0.4, 0.5) is 0 Å². The van der Waals surface area contributed by atoms with Gasteiger partial charge in [0.1, 0.15) is 0 Å². The zero-order valence-corrected chi connectivity index (χ0v) is 12.3. The monoisotopic (exact) mass is 267 g/mol. The van der Waals surface area contributed by atoms with Gasteiger partial charge in [-0.2, -0.15) is 0 Å². The minimum atomic E-state index is 0.216. The normalized spacial score (nSPS) is 41.4. The Kier molecular flexibility index (Phi) is 4.13. The zero-order chi connectivity index (χ0) is 13.3. The van der Waals surface area contributed by atoms with E-state index in [0.717, 1.165) is 32.3 Å². The lowest BCUT2D eigenvalue weighted by molar-refractivity contribution is -0.0439. The molecule has 0 aromatic carbocycles. The molecule has 0 aromatic heterocycles. The van der Waals surface area contributed by atoms with Crippen molar-refractivity contribution >= 4 is 0 Å².